The number of hydrogen-bond donors (Lipinski definition) is 1. The van der Waals surface area contributed by atoms with Crippen molar-refractivity contribution in [3.05, 3.63) is 30.0 Å². The monoisotopic (exact) mass is 288 g/mol. The van der Waals surface area contributed by atoms with E-state index in [2.05, 4.69) is 32.8 Å². The first-order valence-electron chi connectivity index (χ1n) is 7.51. The van der Waals surface area contributed by atoms with Crippen molar-refractivity contribution < 1.29 is 9.84 Å². The Hall–Kier alpha value is -1.39. The van der Waals surface area contributed by atoms with Gasteiger partial charge in [-0.05, 0) is 40.2 Å². The quantitative estimate of drug-likeness (QED) is 0.923. The Balaban J connectivity index is 2.03. The first kappa shape index (κ1) is 14.5. The Kier molecular flexibility index (Phi) is 3.15. The fourth-order valence-electron chi connectivity index (χ4n) is 3.75. The molecule has 4 nitrogen and oxygen atoms in total. The summed E-state index contributed by atoms with van der Waals surface area (Å²) in [5.74, 6) is 0.0332. The minimum absolute atomic E-state index is 0.0332. The van der Waals surface area contributed by atoms with Crippen LogP contribution in [0.4, 0.5) is 0 Å². The molecule has 1 aliphatic rings. The van der Waals surface area contributed by atoms with Crippen LogP contribution in [0, 0.1) is 5.92 Å². The third kappa shape index (κ3) is 2.36. The molecule has 0 aliphatic carbocycles. The van der Waals surface area contributed by atoms with Crippen LogP contribution < -0.4 is 0 Å². The van der Waals surface area contributed by atoms with Crippen molar-refractivity contribution in [1.29, 1.82) is 0 Å². The van der Waals surface area contributed by atoms with E-state index in [-0.39, 0.29) is 17.1 Å². The molecule has 0 amide bonds. The average Bonchev–Trinajstić information content (AvgIpc) is 2.83. The van der Waals surface area contributed by atoms with Crippen molar-refractivity contribution in [2.24, 2.45) is 13.0 Å². The smallest absolute Gasteiger partial charge is 0.104 e. The summed E-state index contributed by atoms with van der Waals surface area (Å²) in [4.78, 5) is 0. The summed E-state index contributed by atoms with van der Waals surface area (Å²) in [5.41, 5.74) is 1.23. The van der Waals surface area contributed by atoms with Gasteiger partial charge in [-0.3, -0.25) is 4.68 Å². The summed E-state index contributed by atoms with van der Waals surface area (Å²) in [7, 11) is 1.92. The fourth-order valence-corrected chi connectivity index (χ4v) is 3.75. The Morgan fingerprint density at radius 2 is 1.95 bits per heavy atom. The molecule has 1 fully saturated rings. The van der Waals surface area contributed by atoms with E-state index in [9.17, 15) is 5.11 Å². The van der Waals surface area contributed by atoms with Crippen LogP contribution in [-0.2, 0) is 11.8 Å². The summed E-state index contributed by atoms with van der Waals surface area (Å²) in [6.45, 7) is 8.28. The van der Waals surface area contributed by atoms with Gasteiger partial charge in [-0.25, -0.2) is 0 Å². The normalized spacial score (nSPS) is 25.3. The standard InChI is InChI=1S/C17H24N2O2/c1-16(2)10-12(17(3,4)21-16)15(20)14-11-8-6-7-9-13(11)19(5)18-14/h6-9,12,15,20H,10H2,1-5H3. The van der Waals surface area contributed by atoms with Crippen molar-refractivity contribution in [3.8, 4) is 0 Å². The summed E-state index contributed by atoms with van der Waals surface area (Å²) in [6.07, 6.45) is 0.208. The van der Waals surface area contributed by atoms with Crippen molar-refractivity contribution in [3.63, 3.8) is 0 Å². The molecule has 3 rings (SSSR count). The number of fused-ring (bicyclic) bond motifs is 1. The topological polar surface area (TPSA) is 47.3 Å². The number of aliphatic hydroxyl groups is 1. The molecule has 1 aliphatic heterocycles. The number of nitrogens with zero attached hydrogens (tertiary/aromatic N) is 2. The van der Waals surface area contributed by atoms with Gasteiger partial charge in [0.15, 0.2) is 0 Å². The summed E-state index contributed by atoms with van der Waals surface area (Å²) in [5, 5.41) is 16.5. The lowest BCUT2D eigenvalue weighted by atomic mass is 9.81. The molecule has 0 radical (unpaired) electrons. The number of hydrogen-bond acceptors (Lipinski definition) is 3. The molecule has 0 bridgehead atoms. The minimum atomic E-state index is -0.618. The van der Waals surface area contributed by atoms with Gasteiger partial charge in [0.1, 0.15) is 6.10 Å². The first-order chi connectivity index (χ1) is 9.71. The van der Waals surface area contributed by atoms with Gasteiger partial charge < -0.3 is 9.84 Å². The first-order valence-corrected chi connectivity index (χ1v) is 7.51. The zero-order chi connectivity index (χ0) is 15.4. The fraction of sp³-hybridized carbons (Fsp3) is 0.588. The van der Waals surface area contributed by atoms with Gasteiger partial charge in [-0.1, -0.05) is 18.2 Å². The molecule has 2 aromatic rings. The predicted octanol–water partition coefficient (Wildman–Crippen LogP) is 3.20. The Bertz CT molecular complexity index is 672. The third-order valence-electron chi connectivity index (χ3n) is 4.59. The Morgan fingerprint density at radius 1 is 1.29 bits per heavy atom. The average molecular weight is 288 g/mol. The van der Waals surface area contributed by atoms with Crippen molar-refractivity contribution >= 4 is 10.9 Å². The minimum Gasteiger partial charge on any atom is -0.386 e. The van der Waals surface area contributed by atoms with Crippen molar-refractivity contribution in [2.75, 3.05) is 0 Å². The molecular weight excluding hydrogens is 264 g/mol. The largest absolute Gasteiger partial charge is 0.386 e. The molecule has 114 valence electrons. The molecular formula is C17H24N2O2. The van der Waals surface area contributed by atoms with Crippen LogP contribution in [0.1, 0.15) is 45.9 Å². The van der Waals surface area contributed by atoms with Crippen LogP contribution in [0.3, 0.4) is 0 Å². The molecule has 1 saturated heterocycles. The van der Waals surface area contributed by atoms with Gasteiger partial charge in [0, 0.05) is 18.4 Å². The van der Waals surface area contributed by atoms with E-state index >= 15 is 0 Å². The van der Waals surface area contributed by atoms with E-state index in [0.717, 1.165) is 23.0 Å². The van der Waals surface area contributed by atoms with Crippen LogP contribution in [0.25, 0.3) is 10.9 Å². The number of aliphatic hydroxyl groups excluding tert-OH is 1. The summed E-state index contributed by atoms with van der Waals surface area (Å²) >= 11 is 0. The molecule has 1 aromatic carbocycles. The van der Waals surface area contributed by atoms with E-state index in [1.807, 2.05) is 36.0 Å². The van der Waals surface area contributed by atoms with Crippen molar-refractivity contribution in [1.82, 2.24) is 9.78 Å². The Labute approximate surface area is 125 Å². The molecule has 0 spiro atoms. The van der Waals surface area contributed by atoms with E-state index in [4.69, 9.17) is 4.74 Å². The van der Waals surface area contributed by atoms with Gasteiger partial charge in [-0.2, -0.15) is 5.10 Å². The summed E-state index contributed by atoms with van der Waals surface area (Å²) in [6, 6.07) is 8.03. The van der Waals surface area contributed by atoms with E-state index in [1.165, 1.54) is 0 Å². The van der Waals surface area contributed by atoms with Crippen LogP contribution in [-0.4, -0.2) is 26.1 Å². The maximum absolute atomic E-state index is 10.9. The molecule has 1 N–H and O–H groups in total. The molecule has 4 heteroatoms. The third-order valence-corrected chi connectivity index (χ3v) is 4.59. The van der Waals surface area contributed by atoms with Crippen LogP contribution in [0.5, 0.6) is 0 Å². The van der Waals surface area contributed by atoms with Crippen LogP contribution in [0.15, 0.2) is 24.3 Å². The zero-order valence-electron chi connectivity index (χ0n) is 13.4. The number of benzene rings is 1. The van der Waals surface area contributed by atoms with Gasteiger partial charge >= 0.3 is 0 Å². The number of aromatic nitrogens is 2. The second-order valence-corrected chi connectivity index (χ2v) is 7.25. The van der Waals surface area contributed by atoms with Gasteiger partial charge in [0.05, 0.1) is 22.4 Å². The molecule has 0 saturated carbocycles. The summed E-state index contributed by atoms with van der Waals surface area (Å²) < 4.78 is 7.95. The van der Waals surface area contributed by atoms with E-state index in [1.54, 1.807) is 0 Å². The SMILES string of the molecule is Cn1nc(C(O)C2CC(C)(C)OC2(C)C)c2ccccc21. The predicted molar refractivity (Wildman–Crippen MR) is 83.0 cm³/mol. The molecule has 2 atom stereocenters. The highest BCUT2D eigenvalue weighted by Gasteiger charge is 2.49. The lowest BCUT2D eigenvalue weighted by Crippen LogP contribution is -2.32. The second kappa shape index (κ2) is 4.55. The lowest BCUT2D eigenvalue weighted by molar-refractivity contribution is -0.0883. The van der Waals surface area contributed by atoms with Gasteiger partial charge in [0.25, 0.3) is 0 Å². The van der Waals surface area contributed by atoms with E-state index < -0.39 is 6.10 Å². The van der Waals surface area contributed by atoms with E-state index in [0.29, 0.717) is 0 Å². The van der Waals surface area contributed by atoms with Gasteiger partial charge in [0.2, 0.25) is 0 Å². The number of ether oxygens (including phenoxy) is 1. The van der Waals surface area contributed by atoms with Gasteiger partial charge in [-0.15, -0.1) is 0 Å². The molecule has 2 heterocycles. The number of para-hydroxylation sites is 1. The number of aryl methyl sites for hydroxylation is 1. The maximum Gasteiger partial charge on any atom is 0.104 e. The molecule has 2 unspecified atom stereocenters. The molecule has 21 heavy (non-hydrogen) atoms. The lowest BCUT2D eigenvalue weighted by Gasteiger charge is -2.29. The number of rotatable bonds is 2. The second-order valence-electron chi connectivity index (χ2n) is 7.25. The highest BCUT2D eigenvalue weighted by atomic mass is 16.5. The highest BCUT2D eigenvalue weighted by Crippen LogP contribution is 2.48. The highest BCUT2D eigenvalue weighted by molar-refractivity contribution is 5.82. The van der Waals surface area contributed by atoms with Crippen LogP contribution in [0.2, 0.25) is 0 Å². The zero-order valence-corrected chi connectivity index (χ0v) is 13.4. The maximum atomic E-state index is 10.9. The van der Waals surface area contributed by atoms with Crippen LogP contribution >= 0.6 is 0 Å². The Morgan fingerprint density at radius 3 is 2.57 bits per heavy atom. The molecule has 1 aromatic heterocycles. The van der Waals surface area contributed by atoms with Crippen molar-refractivity contribution in [2.45, 2.75) is 51.4 Å².